The number of nitrogens with zero attached hydrogens (tertiary/aromatic N) is 2. The molecular formula is C41H36N2O5S. The molecule has 0 bridgehead atoms. The Morgan fingerprint density at radius 3 is 1.69 bits per heavy atom. The van der Waals surface area contributed by atoms with Gasteiger partial charge in [0, 0.05) is 18.3 Å². The average Bonchev–Trinajstić information content (AvgIpc) is 3.67. The lowest BCUT2D eigenvalue weighted by Gasteiger charge is -2.37. The molecule has 2 atom stereocenters. The fourth-order valence-electron chi connectivity index (χ4n) is 6.89. The summed E-state index contributed by atoms with van der Waals surface area (Å²) in [6.45, 7) is 0.545. The molecular weight excluding hydrogens is 633 g/mol. The van der Waals surface area contributed by atoms with Crippen molar-refractivity contribution in [3.05, 3.63) is 173 Å². The Labute approximate surface area is 290 Å². The van der Waals surface area contributed by atoms with E-state index in [1.165, 1.54) is 4.90 Å². The molecule has 1 saturated heterocycles. The molecule has 246 valence electrons. The van der Waals surface area contributed by atoms with Crippen molar-refractivity contribution in [1.82, 2.24) is 9.80 Å². The van der Waals surface area contributed by atoms with Gasteiger partial charge in [-0.1, -0.05) is 115 Å². The molecule has 2 aliphatic rings. The largest absolute Gasteiger partial charge is 0.497 e. The second-order valence-electron chi connectivity index (χ2n) is 12.2. The summed E-state index contributed by atoms with van der Waals surface area (Å²) in [7, 11) is 1.60. The highest BCUT2D eigenvalue weighted by Crippen LogP contribution is 2.52. The topological polar surface area (TPSA) is 76.2 Å². The van der Waals surface area contributed by atoms with Crippen LogP contribution in [0.15, 0.2) is 140 Å². The first-order valence-corrected chi connectivity index (χ1v) is 17.2. The van der Waals surface area contributed by atoms with Crippen LogP contribution in [0, 0.1) is 0 Å². The van der Waals surface area contributed by atoms with Gasteiger partial charge in [-0.25, -0.2) is 4.79 Å². The van der Waals surface area contributed by atoms with Gasteiger partial charge in [-0.15, -0.1) is 11.8 Å². The minimum atomic E-state index is -0.600. The number of amides is 3. The van der Waals surface area contributed by atoms with E-state index < -0.39 is 16.9 Å². The third-order valence-corrected chi connectivity index (χ3v) is 11.0. The van der Waals surface area contributed by atoms with Crippen LogP contribution in [0.5, 0.6) is 5.75 Å². The number of fused-ring (bicyclic) bond motifs is 1. The Hall–Kier alpha value is -5.34. The SMILES string of the molecule is COc1ccc(COC(=O)N2C[C@@H](SC(c3ccccc3)(c3ccccc3)c3ccccc3)C[C@H]2CN2C(=O)c3ccccc3C2=O)cc1. The first-order chi connectivity index (χ1) is 24.0. The van der Waals surface area contributed by atoms with Crippen molar-refractivity contribution in [2.24, 2.45) is 0 Å². The van der Waals surface area contributed by atoms with E-state index in [9.17, 15) is 14.4 Å². The van der Waals surface area contributed by atoms with Crippen molar-refractivity contribution in [2.75, 3.05) is 20.2 Å². The van der Waals surface area contributed by atoms with E-state index in [0.29, 0.717) is 29.8 Å². The lowest BCUT2D eigenvalue weighted by atomic mass is 9.84. The van der Waals surface area contributed by atoms with E-state index >= 15 is 0 Å². The van der Waals surface area contributed by atoms with Crippen molar-refractivity contribution < 1.29 is 23.9 Å². The Kier molecular flexibility index (Phi) is 9.22. The number of hydrogen-bond donors (Lipinski definition) is 0. The van der Waals surface area contributed by atoms with Crippen LogP contribution in [0.1, 0.15) is 49.4 Å². The van der Waals surface area contributed by atoms with Crippen LogP contribution in [-0.2, 0) is 16.1 Å². The monoisotopic (exact) mass is 668 g/mol. The van der Waals surface area contributed by atoms with Crippen LogP contribution in [0.2, 0.25) is 0 Å². The molecule has 2 aliphatic heterocycles. The molecule has 0 spiro atoms. The van der Waals surface area contributed by atoms with Crippen LogP contribution in [-0.4, -0.2) is 59.2 Å². The molecule has 0 aliphatic carbocycles. The van der Waals surface area contributed by atoms with Gasteiger partial charge in [-0.2, -0.15) is 0 Å². The van der Waals surface area contributed by atoms with Crippen LogP contribution in [0.4, 0.5) is 4.79 Å². The summed E-state index contributed by atoms with van der Waals surface area (Å²) in [6, 6.07) is 45.1. The number of ether oxygens (including phenoxy) is 2. The van der Waals surface area contributed by atoms with Crippen LogP contribution in [0.25, 0.3) is 0 Å². The first kappa shape index (κ1) is 32.2. The smallest absolute Gasteiger partial charge is 0.410 e. The Morgan fingerprint density at radius 2 is 1.20 bits per heavy atom. The van der Waals surface area contributed by atoms with E-state index in [4.69, 9.17) is 9.47 Å². The summed E-state index contributed by atoms with van der Waals surface area (Å²) in [4.78, 5) is 43.8. The molecule has 5 aromatic carbocycles. The second-order valence-corrected chi connectivity index (χ2v) is 13.7. The molecule has 7 nitrogen and oxygen atoms in total. The number of hydrogen-bond acceptors (Lipinski definition) is 6. The van der Waals surface area contributed by atoms with Gasteiger partial charge in [-0.3, -0.25) is 14.5 Å². The van der Waals surface area contributed by atoms with Crippen LogP contribution < -0.4 is 4.74 Å². The molecule has 3 amide bonds. The van der Waals surface area contributed by atoms with Crippen molar-refractivity contribution in [1.29, 1.82) is 0 Å². The molecule has 0 N–H and O–H groups in total. The highest BCUT2D eigenvalue weighted by molar-refractivity contribution is 8.01. The maximum atomic E-state index is 13.9. The van der Waals surface area contributed by atoms with Crippen molar-refractivity contribution in [2.45, 2.75) is 29.1 Å². The molecule has 0 aromatic heterocycles. The molecule has 0 unspecified atom stereocenters. The second kappa shape index (κ2) is 14.0. The predicted molar refractivity (Wildman–Crippen MR) is 191 cm³/mol. The number of thioether (sulfide) groups is 1. The zero-order chi connectivity index (χ0) is 33.8. The van der Waals surface area contributed by atoms with E-state index in [2.05, 4.69) is 72.8 Å². The Bertz CT molecular complexity index is 1800. The van der Waals surface area contributed by atoms with Crippen molar-refractivity contribution >= 4 is 29.7 Å². The first-order valence-electron chi connectivity index (χ1n) is 16.3. The van der Waals surface area contributed by atoms with Crippen molar-refractivity contribution in [3.63, 3.8) is 0 Å². The summed E-state index contributed by atoms with van der Waals surface area (Å²) < 4.78 is 10.5. The number of carbonyl (C=O) groups is 3. The van der Waals surface area contributed by atoms with Gasteiger partial charge in [0.15, 0.2) is 0 Å². The van der Waals surface area contributed by atoms with Gasteiger partial charge in [0.05, 0.1) is 29.0 Å². The van der Waals surface area contributed by atoms with E-state index in [1.807, 2.05) is 42.5 Å². The number of likely N-dealkylation sites (tertiary alicyclic amines) is 1. The zero-order valence-corrected chi connectivity index (χ0v) is 27.9. The molecule has 49 heavy (non-hydrogen) atoms. The highest BCUT2D eigenvalue weighted by Gasteiger charge is 2.46. The molecule has 1 fully saturated rings. The molecule has 0 radical (unpaired) electrons. The zero-order valence-electron chi connectivity index (χ0n) is 27.1. The molecule has 7 rings (SSSR count). The molecule has 2 heterocycles. The number of benzene rings is 5. The number of carbonyl (C=O) groups excluding carboxylic acids is 3. The van der Waals surface area contributed by atoms with Crippen molar-refractivity contribution in [3.8, 4) is 5.75 Å². The normalized spacial score (nSPS) is 17.2. The van der Waals surface area contributed by atoms with Gasteiger partial charge in [0.1, 0.15) is 12.4 Å². The van der Waals surface area contributed by atoms with E-state index in [1.54, 1.807) is 48.0 Å². The summed E-state index contributed by atoms with van der Waals surface area (Å²) in [5.74, 6) is 0.0418. The summed E-state index contributed by atoms with van der Waals surface area (Å²) >= 11 is 1.80. The average molecular weight is 669 g/mol. The summed E-state index contributed by atoms with van der Waals surface area (Å²) in [5, 5.41) is -0.0608. The van der Waals surface area contributed by atoms with Gasteiger partial charge in [-0.05, 0) is 52.9 Å². The number of methoxy groups -OCH3 is 1. The minimum Gasteiger partial charge on any atom is -0.497 e. The van der Waals surface area contributed by atoms with Gasteiger partial charge < -0.3 is 14.4 Å². The van der Waals surface area contributed by atoms with Gasteiger partial charge in [0.25, 0.3) is 11.8 Å². The fraction of sp³-hybridized carbons (Fsp3) is 0.195. The molecule has 0 saturated carbocycles. The van der Waals surface area contributed by atoms with Crippen LogP contribution >= 0.6 is 11.8 Å². The number of rotatable bonds is 10. The summed E-state index contributed by atoms with van der Waals surface area (Å²) in [6.07, 6.45) is 0.0782. The standard InChI is InChI=1S/C41H36N2O5S/c1-47-34-23-21-29(22-24-34)28-48-40(46)42-27-35(25-33(42)26-43-38(44)36-19-11-12-20-37(36)39(43)45)49-41(30-13-5-2-6-14-30,31-15-7-3-8-16-31)32-17-9-4-10-18-32/h2-24,33,35H,25-28H2,1H3/t33-,35-/m0/s1. The lowest BCUT2D eigenvalue weighted by Crippen LogP contribution is -2.45. The van der Waals surface area contributed by atoms with E-state index in [0.717, 1.165) is 22.3 Å². The third kappa shape index (κ3) is 6.32. The van der Waals surface area contributed by atoms with Gasteiger partial charge in [0.2, 0.25) is 0 Å². The van der Waals surface area contributed by atoms with Gasteiger partial charge >= 0.3 is 6.09 Å². The third-order valence-electron chi connectivity index (χ3n) is 9.29. The Balaban J connectivity index is 1.22. The quantitative estimate of drug-likeness (QED) is 0.112. The Morgan fingerprint density at radius 1 is 0.714 bits per heavy atom. The maximum Gasteiger partial charge on any atom is 0.410 e. The molecule has 8 heteroatoms. The van der Waals surface area contributed by atoms with E-state index in [-0.39, 0.29) is 30.2 Å². The molecule has 5 aromatic rings. The lowest BCUT2D eigenvalue weighted by molar-refractivity contribution is 0.0571. The number of imide groups is 1. The van der Waals surface area contributed by atoms with Crippen LogP contribution in [0.3, 0.4) is 0 Å². The highest BCUT2D eigenvalue weighted by atomic mass is 32.2. The summed E-state index contributed by atoms with van der Waals surface area (Å²) in [5.41, 5.74) is 4.97. The predicted octanol–water partition coefficient (Wildman–Crippen LogP) is 7.80. The fourth-order valence-corrected chi connectivity index (χ4v) is 8.76. The minimum absolute atomic E-state index is 0.0608. The maximum absolute atomic E-state index is 13.9.